The molecule has 11 heavy (non-hydrogen) atoms. The number of carbonyl (C=O) groups excluding carboxylic acids is 1. The van der Waals surface area contributed by atoms with E-state index in [-0.39, 0.29) is 12.6 Å². The van der Waals surface area contributed by atoms with E-state index in [0.29, 0.717) is 5.76 Å². The summed E-state index contributed by atoms with van der Waals surface area (Å²) in [7, 11) is 1.32. The lowest BCUT2D eigenvalue weighted by Gasteiger charge is -2.02. The maximum absolute atomic E-state index is 10.5. The third kappa shape index (κ3) is 5.21. The molecule has 0 fully saturated rings. The Bertz CT molecular complexity index is 170. The third-order valence-electron chi connectivity index (χ3n) is 0.998. The minimum Gasteiger partial charge on any atom is -0.487 e. The van der Waals surface area contributed by atoms with Crippen LogP contribution in [0.2, 0.25) is 0 Å². The molecule has 3 nitrogen and oxygen atoms in total. The normalized spacial score (nSPS) is 10.5. The first-order valence-electron chi connectivity index (χ1n) is 3.19. The SMILES string of the molecule is C=CC=C(C)OCC(=O)OC. The van der Waals surface area contributed by atoms with Gasteiger partial charge in [-0.15, -0.1) is 0 Å². The van der Waals surface area contributed by atoms with Gasteiger partial charge in [0.1, 0.15) is 0 Å². The van der Waals surface area contributed by atoms with Crippen LogP contribution in [0.4, 0.5) is 0 Å². The van der Waals surface area contributed by atoms with Crippen molar-refractivity contribution in [2.75, 3.05) is 13.7 Å². The molecule has 0 atom stereocenters. The highest BCUT2D eigenvalue weighted by atomic mass is 16.6. The minimum absolute atomic E-state index is 0.0489. The van der Waals surface area contributed by atoms with E-state index in [1.165, 1.54) is 7.11 Å². The van der Waals surface area contributed by atoms with Gasteiger partial charge in [-0.1, -0.05) is 12.7 Å². The molecule has 0 rings (SSSR count). The van der Waals surface area contributed by atoms with Gasteiger partial charge in [0, 0.05) is 0 Å². The Morgan fingerprint density at radius 2 is 2.27 bits per heavy atom. The van der Waals surface area contributed by atoms with E-state index in [1.807, 2.05) is 0 Å². The minimum atomic E-state index is -0.387. The van der Waals surface area contributed by atoms with Crippen LogP contribution in [0.5, 0.6) is 0 Å². The van der Waals surface area contributed by atoms with Crippen LogP contribution in [0.25, 0.3) is 0 Å². The quantitative estimate of drug-likeness (QED) is 0.349. The second-order valence-corrected chi connectivity index (χ2v) is 1.88. The van der Waals surface area contributed by atoms with Crippen LogP contribution in [0.1, 0.15) is 6.92 Å². The first-order chi connectivity index (χ1) is 5.20. The Morgan fingerprint density at radius 1 is 1.64 bits per heavy atom. The van der Waals surface area contributed by atoms with Gasteiger partial charge in [-0.3, -0.25) is 0 Å². The Kier molecular flexibility index (Phi) is 4.90. The highest BCUT2D eigenvalue weighted by molar-refractivity contribution is 5.70. The molecule has 3 heteroatoms. The molecule has 0 spiro atoms. The van der Waals surface area contributed by atoms with Gasteiger partial charge in [0.2, 0.25) is 0 Å². The van der Waals surface area contributed by atoms with Crippen molar-refractivity contribution >= 4 is 5.97 Å². The molecule has 0 radical (unpaired) electrons. The van der Waals surface area contributed by atoms with Crippen LogP contribution < -0.4 is 0 Å². The molecule has 62 valence electrons. The van der Waals surface area contributed by atoms with Gasteiger partial charge in [0.25, 0.3) is 0 Å². The van der Waals surface area contributed by atoms with E-state index in [4.69, 9.17) is 4.74 Å². The first-order valence-corrected chi connectivity index (χ1v) is 3.19. The van der Waals surface area contributed by atoms with E-state index in [1.54, 1.807) is 19.1 Å². The number of rotatable bonds is 4. The number of esters is 1. The fourth-order valence-corrected chi connectivity index (χ4v) is 0.446. The van der Waals surface area contributed by atoms with Crippen LogP contribution >= 0.6 is 0 Å². The van der Waals surface area contributed by atoms with Crippen LogP contribution in [0.3, 0.4) is 0 Å². The van der Waals surface area contributed by atoms with Gasteiger partial charge in [-0.2, -0.15) is 0 Å². The van der Waals surface area contributed by atoms with E-state index in [0.717, 1.165) is 0 Å². The van der Waals surface area contributed by atoms with Crippen LogP contribution in [0.15, 0.2) is 24.5 Å². The smallest absolute Gasteiger partial charge is 0.343 e. The molecule has 0 N–H and O–H groups in total. The predicted octanol–water partition coefficient (Wildman–Crippen LogP) is 1.27. The molecule has 0 aromatic rings. The van der Waals surface area contributed by atoms with Gasteiger partial charge >= 0.3 is 5.97 Å². The summed E-state index contributed by atoms with van der Waals surface area (Å²) in [5.74, 6) is 0.257. The standard InChI is InChI=1S/C8H12O3/c1-4-5-7(2)11-6-8(9)10-3/h4-5H,1,6H2,2-3H3. The molecular weight excluding hydrogens is 144 g/mol. The van der Waals surface area contributed by atoms with Gasteiger partial charge in [-0.05, 0) is 13.0 Å². The maximum Gasteiger partial charge on any atom is 0.343 e. The number of methoxy groups -OCH3 is 1. The van der Waals surface area contributed by atoms with Crippen molar-refractivity contribution in [1.29, 1.82) is 0 Å². The first kappa shape index (κ1) is 9.75. The number of hydrogen-bond acceptors (Lipinski definition) is 3. The summed E-state index contributed by atoms with van der Waals surface area (Å²) >= 11 is 0. The van der Waals surface area contributed by atoms with Gasteiger partial charge in [0.05, 0.1) is 12.9 Å². The number of hydrogen-bond donors (Lipinski definition) is 0. The number of ether oxygens (including phenoxy) is 2. The lowest BCUT2D eigenvalue weighted by Crippen LogP contribution is -2.08. The molecule has 0 aromatic carbocycles. The second-order valence-electron chi connectivity index (χ2n) is 1.88. The zero-order chi connectivity index (χ0) is 8.69. The molecule has 0 amide bonds. The summed E-state index contributed by atoms with van der Waals surface area (Å²) in [6.07, 6.45) is 3.26. The lowest BCUT2D eigenvalue weighted by molar-refractivity contribution is -0.144. The molecule has 0 saturated carbocycles. The van der Waals surface area contributed by atoms with Gasteiger partial charge < -0.3 is 9.47 Å². The van der Waals surface area contributed by atoms with Crippen LogP contribution in [-0.4, -0.2) is 19.7 Å². The van der Waals surface area contributed by atoms with Crippen molar-refractivity contribution < 1.29 is 14.3 Å². The summed E-state index contributed by atoms with van der Waals surface area (Å²) < 4.78 is 9.31. The Morgan fingerprint density at radius 3 is 2.73 bits per heavy atom. The highest BCUT2D eigenvalue weighted by Gasteiger charge is 1.98. The van der Waals surface area contributed by atoms with Crippen LogP contribution in [0, 0.1) is 0 Å². The Labute approximate surface area is 66.3 Å². The van der Waals surface area contributed by atoms with Crippen molar-refractivity contribution in [3.8, 4) is 0 Å². The molecule has 0 heterocycles. The zero-order valence-electron chi connectivity index (χ0n) is 6.79. The molecule has 0 saturated heterocycles. The molecular formula is C8H12O3. The van der Waals surface area contributed by atoms with Crippen molar-refractivity contribution in [1.82, 2.24) is 0 Å². The Balaban J connectivity index is 3.61. The molecule has 0 aliphatic heterocycles. The fourth-order valence-electron chi connectivity index (χ4n) is 0.446. The van der Waals surface area contributed by atoms with Crippen molar-refractivity contribution in [2.24, 2.45) is 0 Å². The van der Waals surface area contributed by atoms with Gasteiger partial charge in [0.15, 0.2) is 6.61 Å². The largest absolute Gasteiger partial charge is 0.487 e. The number of carbonyl (C=O) groups is 1. The van der Waals surface area contributed by atoms with E-state index >= 15 is 0 Å². The summed E-state index contributed by atoms with van der Waals surface area (Å²) in [4.78, 5) is 10.5. The zero-order valence-corrected chi connectivity index (χ0v) is 6.79. The topological polar surface area (TPSA) is 35.5 Å². The predicted molar refractivity (Wildman–Crippen MR) is 41.9 cm³/mol. The van der Waals surface area contributed by atoms with Crippen molar-refractivity contribution in [2.45, 2.75) is 6.92 Å². The Hall–Kier alpha value is -1.25. The maximum atomic E-state index is 10.5. The summed E-state index contributed by atoms with van der Waals surface area (Å²) in [6.45, 7) is 5.17. The fraction of sp³-hybridized carbons (Fsp3) is 0.375. The van der Waals surface area contributed by atoms with Crippen LogP contribution in [-0.2, 0) is 14.3 Å². The molecule has 0 aliphatic rings. The monoisotopic (exact) mass is 156 g/mol. The average molecular weight is 156 g/mol. The summed E-state index contributed by atoms with van der Waals surface area (Å²) in [5, 5.41) is 0. The lowest BCUT2D eigenvalue weighted by atomic mass is 10.5. The van der Waals surface area contributed by atoms with Crippen molar-refractivity contribution in [3.63, 3.8) is 0 Å². The average Bonchev–Trinajstić information content (AvgIpc) is 2.01. The van der Waals surface area contributed by atoms with Crippen molar-refractivity contribution in [3.05, 3.63) is 24.5 Å². The summed E-state index contributed by atoms with van der Waals surface area (Å²) in [5.41, 5.74) is 0. The summed E-state index contributed by atoms with van der Waals surface area (Å²) in [6, 6.07) is 0. The highest BCUT2D eigenvalue weighted by Crippen LogP contribution is 1.94. The number of allylic oxidation sites excluding steroid dienone is 3. The third-order valence-corrected chi connectivity index (χ3v) is 0.998. The van der Waals surface area contributed by atoms with E-state index < -0.39 is 0 Å². The van der Waals surface area contributed by atoms with E-state index in [2.05, 4.69) is 11.3 Å². The molecule has 0 bridgehead atoms. The molecule has 0 aromatic heterocycles. The second kappa shape index (κ2) is 5.53. The van der Waals surface area contributed by atoms with E-state index in [9.17, 15) is 4.79 Å². The molecule has 0 aliphatic carbocycles. The molecule has 0 unspecified atom stereocenters. The van der Waals surface area contributed by atoms with Gasteiger partial charge in [-0.25, -0.2) is 4.79 Å².